The van der Waals surface area contributed by atoms with Gasteiger partial charge in [-0.25, -0.2) is 4.57 Å². The molecule has 0 aliphatic rings. The number of phosphoric acid groups is 1. The molecule has 3 N–H and O–H groups in total. The molecule has 10 heteroatoms. The molecule has 56 heavy (non-hydrogen) atoms. The first-order valence-corrected chi connectivity index (χ1v) is 25.2. The molecule has 0 amide bonds. The Morgan fingerprint density at radius 1 is 0.518 bits per heavy atom. The SMILES string of the molecule is CCCCCCC/C=C/CCCCCCCC(=O)OC[C@H](COP(=O)(O)OCCN)OC(=O)CCCCCCCCCCCCCCCCCCCCCCC. The van der Waals surface area contributed by atoms with E-state index in [4.69, 9.17) is 24.3 Å². The number of rotatable bonds is 45. The highest BCUT2D eigenvalue weighted by Gasteiger charge is 2.26. The van der Waals surface area contributed by atoms with E-state index >= 15 is 0 Å². The van der Waals surface area contributed by atoms with Crippen molar-refractivity contribution in [1.29, 1.82) is 0 Å². The minimum absolute atomic E-state index is 0.0553. The number of allylic oxidation sites excluding steroid dienone is 2. The summed E-state index contributed by atoms with van der Waals surface area (Å²) in [7, 11) is -4.37. The third kappa shape index (κ3) is 42.4. The average molecular weight is 816 g/mol. The van der Waals surface area contributed by atoms with Crippen LogP contribution in [-0.4, -0.2) is 49.3 Å². The largest absolute Gasteiger partial charge is 0.472 e. The summed E-state index contributed by atoms with van der Waals surface area (Å²) in [6.45, 7) is 3.75. The zero-order chi connectivity index (χ0) is 41.1. The summed E-state index contributed by atoms with van der Waals surface area (Å²) in [5.74, 6) is -0.825. The van der Waals surface area contributed by atoms with Crippen LogP contribution in [0.2, 0.25) is 0 Å². The van der Waals surface area contributed by atoms with Crippen LogP contribution in [0.15, 0.2) is 12.2 Å². The summed E-state index contributed by atoms with van der Waals surface area (Å²) in [6, 6.07) is 0. The van der Waals surface area contributed by atoms with Crippen LogP contribution in [0, 0.1) is 0 Å². The van der Waals surface area contributed by atoms with E-state index in [1.54, 1.807) is 0 Å². The van der Waals surface area contributed by atoms with Gasteiger partial charge in [0.1, 0.15) is 6.61 Å². The molecule has 0 aliphatic carbocycles. The van der Waals surface area contributed by atoms with E-state index in [1.807, 2.05) is 0 Å². The number of carbonyl (C=O) groups is 2. The van der Waals surface area contributed by atoms with E-state index in [0.717, 1.165) is 51.4 Å². The predicted molar refractivity (Wildman–Crippen MR) is 234 cm³/mol. The molecule has 1 unspecified atom stereocenters. The van der Waals surface area contributed by atoms with E-state index < -0.39 is 26.5 Å². The lowest BCUT2D eigenvalue weighted by Crippen LogP contribution is -2.29. The van der Waals surface area contributed by atoms with E-state index in [2.05, 4.69) is 26.0 Å². The summed E-state index contributed by atoms with van der Waals surface area (Å²) < 4.78 is 32.8. The summed E-state index contributed by atoms with van der Waals surface area (Å²) in [5, 5.41) is 0. The Labute approximate surface area is 345 Å². The molecule has 0 heterocycles. The molecule has 0 bridgehead atoms. The molecule has 0 aromatic rings. The van der Waals surface area contributed by atoms with Gasteiger partial charge in [-0.3, -0.25) is 18.6 Å². The van der Waals surface area contributed by atoms with Gasteiger partial charge in [-0.15, -0.1) is 0 Å². The lowest BCUT2D eigenvalue weighted by molar-refractivity contribution is -0.161. The predicted octanol–water partition coefficient (Wildman–Crippen LogP) is 13.8. The first-order chi connectivity index (χ1) is 27.3. The molecular formula is C46H90NO8P. The van der Waals surface area contributed by atoms with Crippen LogP contribution in [0.3, 0.4) is 0 Å². The molecule has 0 aliphatic heterocycles. The van der Waals surface area contributed by atoms with Gasteiger partial charge in [0.25, 0.3) is 0 Å². The topological polar surface area (TPSA) is 134 Å². The smallest absolute Gasteiger partial charge is 0.462 e. The molecule has 0 rings (SSSR count). The van der Waals surface area contributed by atoms with Crippen molar-refractivity contribution in [2.75, 3.05) is 26.4 Å². The second kappa shape index (κ2) is 43.3. The van der Waals surface area contributed by atoms with E-state index in [0.29, 0.717) is 6.42 Å². The van der Waals surface area contributed by atoms with Gasteiger partial charge in [0.2, 0.25) is 0 Å². The van der Waals surface area contributed by atoms with Crippen LogP contribution in [0.5, 0.6) is 0 Å². The zero-order valence-electron chi connectivity index (χ0n) is 36.6. The number of hydrogen-bond acceptors (Lipinski definition) is 8. The Kier molecular flexibility index (Phi) is 42.4. The Hall–Kier alpha value is -1.25. The highest BCUT2D eigenvalue weighted by Crippen LogP contribution is 2.43. The van der Waals surface area contributed by atoms with Crippen LogP contribution < -0.4 is 5.73 Å². The first kappa shape index (κ1) is 54.8. The van der Waals surface area contributed by atoms with Gasteiger partial charge in [0.05, 0.1) is 13.2 Å². The number of carbonyl (C=O) groups excluding carboxylic acids is 2. The van der Waals surface area contributed by atoms with Crippen molar-refractivity contribution in [1.82, 2.24) is 0 Å². The summed E-state index contributed by atoms with van der Waals surface area (Å²) in [6.07, 6.45) is 45.3. The van der Waals surface area contributed by atoms with Gasteiger partial charge < -0.3 is 20.1 Å². The highest BCUT2D eigenvalue weighted by atomic mass is 31.2. The van der Waals surface area contributed by atoms with Gasteiger partial charge in [-0.1, -0.05) is 199 Å². The number of esters is 2. The number of ether oxygens (including phenoxy) is 2. The fraction of sp³-hybridized carbons (Fsp3) is 0.913. The van der Waals surface area contributed by atoms with Gasteiger partial charge in [0.15, 0.2) is 6.10 Å². The fourth-order valence-electron chi connectivity index (χ4n) is 6.87. The zero-order valence-corrected chi connectivity index (χ0v) is 37.5. The summed E-state index contributed by atoms with van der Waals surface area (Å²) in [5.41, 5.74) is 5.35. The van der Waals surface area contributed by atoms with Crippen molar-refractivity contribution < 1.29 is 37.6 Å². The molecule has 2 atom stereocenters. The van der Waals surface area contributed by atoms with Crippen molar-refractivity contribution in [3.05, 3.63) is 12.2 Å². The maximum absolute atomic E-state index is 12.6. The average Bonchev–Trinajstić information content (AvgIpc) is 3.18. The minimum Gasteiger partial charge on any atom is -0.462 e. The van der Waals surface area contributed by atoms with Gasteiger partial charge in [-0.05, 0) is 38.5 Å². The summed E-state index contributed by atoms with van der Waals surface area (Å²) >= 11 is 0. The molecule has 0 saturated carbocycles. The van der Waals surface area contributed by atoms with E-state index in [-0.39, 0.29) is 38.6 Å². The van der Waals surface area contributed by atoms with Crippen molar-refractivity contribution >= 4 is 19.8 Å². The normalized spacial score (nSPS) is 13.3. The Morgan fingerprint density at radius 3 is 1.27 bits per heavy atom. The van der Waals surface area contributed by atoms with Crippen LogP contribution >= 0.6 is 7.82 Å². The third-order valence-corrected chi connectivity index (χ3v) is 11.4. The molecular weight excluding hydrogens is 725 g/mol. The molecule has 0 aromatic heterocycles. The Bertz CT molecular complexity index is 933. The number of unbranched alkanes of at least 4 members (excludes halogenated alkanes) is 30. The molecule has 0 fully saturated rings. The lowest BCUT2D eigenvalue weighted by Gasteiger charge is -2.19. The molecule has 0 spiro atoms. The quantitative estimate of drug-likeness (QED) is 0.0266. The van der Waals surface area contributed by atoms with E-state index in [9.17, 15) is 19.0 Å². The maximum Gasteiger partial charge on any atom is 0.472 e. The van der Waals surface area contributed by atoms with Crippen molar-refractivity contribution in [2.45, 2.75) is 245 Å². The molecule has 0 aromatic carbocycles. The lowest BCUT2D eigenvalue weighted by atomic mass is 10.0. The Morgan fingerprint density at radius 2 is 0.875 bits per heavy atom. The standard InChI is InChI=1S/C46H90NO8P/c1-3-5-7-9-11-13-15-17-19-20-21-22-23-24-25-27-29-31-33-35-37-39-46(49)55-44(43-54-56(50,51)53-41-40-47)42-52-45(48)38-36-34-32-30-28-26-18-16-14-12-10-8-6-4-2/h16,18,44H,3-15,17,19-43,47H2,1-2H3,(H,50,51)/b18-16+/t44-/m1/s1. The first-order valence-electron chi connectivity index (χ1n) is 23.7. The summed E-state index contributed by atoms with van der Waals surface area (Å²) in [4.78, 5) is 34.9. The van der Waals surface area contributed by atoms with Crippen LogP contribution in [0.1, 0.15) is 239 Å². The van der Waals surface area contributed by atoms with Crippen LogP contribution in [-0.2, 0) is 32.7 Å². The molecule has 0 radical (unpaired) electrons. The van der Waals surface area contributed by atoms with Crippen LogP contribution in [0.25, 0.3) is 0 Å². The monoisotopic (exact) mass is 816 g/mol. The van der Waals surface area contributed by atoms with Crippen LogP contribution in [0.4, 0.5) is 0 Å². The maximum atomic E-state index is 12.6. The number of hydrogen-bond donors (Lipinski definition) is 2. The second-order valence-corrected chi connectivity index (χ2v) is 17.4. The molecule has 0 saturated heterocycles. The van der Waals surface area contributed by atoms with Gasteiger partial charge in [0, 0.05) is 19.4 Å². The second-order valence-electron chi connectivity index (χ2n) is 16.0. The molecule has 332 valence electrons. The van der Waals surface area contributed by atoms with E-state index in [1.165, 1.54) is 154 Å². The number of nitrogens with two attached hydrogens (primary N) is 1. The van der Waals surface area contributed by atoms with Gasteiger partial charge in [-0.2, -0.15) is 0 Å². The molecule has 9 nitrogen and oxygen atoms in total. The highest BCUT2D eigenvalue weighted by molar-refractivity contribution is 7.47. The van der Waals surface area contributed by atoms with Crippen molar-refractivity contribution in [3.8, 4) is 0 Å². The minimum atomic E-state index is -4.37. The van der Waals surface area contributed by atoms with Crippen molar-refractivity contribution in [3.63, 3.8) is 0 Å². The van der Waals surface area contributed by atoms with Crippen molar-refractivity contribution in [2.24, 2.45) is 5.73 Å². The number of phosphoric ester groups is 1. The third-order valence-electron chi connectivity index (χ3n) is 10.4. The Balaban J connectivity index is 4.04. The van der Waals surface area contributed by atoms with Gasteiger partial charge >= 0.3 is 19.8 Å². The fourth-order valence-corrected chi connectivity index (χ4v) is 7.63.